The van der Waals surface area contributed by atoms with E-state index in [4.69, 9.17) is 0 Å². The lowest BCUT2D eigenvalue weighted by Gasteiger charge is -2.25. The van der Waals surface area contributed by atoms with Gasteiger partial charge in [-0.05, 0) is 36.1 Å². The molecule has 2 N–H and O–H groups in total. The summed E-state index contributed by atoms with van der Waals surface area (Å²) in [5, 5.41) is 12.4. The van der Waals surface area contributed by atoms with Crippen molar-refractivity contribution in [3.8, 4) is 0 Å². The maximum absolute atomic E-state index is 13.1. The monoisotopic (exact) mass is 253 g/mol. The number of amides is 1. The molecule has 1 aromatic rings. The van der Waals surface area contributed by atoms with Crippen LogP contribution in [-0.2, 0) is 0 Å². The molecule has 1 atom stereocenters. The summed E-state index contributed by atoms with van der Waals surface area (Å²) in [5.74, 6) is -0.808. The van der Waals surface area contributed by atoms with E-state index < -0.39 is 11.9 Å². The normalized spacial score (nSPS) is 13.2. The molecule has 0 aromatic heterocycles. The Morgan fingerprint density at radius 2 is 2.00 bits per heavy atom. The van der Waals surface area contributed by atoms with E-state index in [1.807, 2.05) is 20.8 Å². The number of carbonyl (C=O) groups is 1. The molecule has 3 nitrogen and oxygen atoms in total. The molecule has 0 saturated carbocycles. The molecule has 1 amide bonds. The van der Waals surface area contributed by atoms with Crippen LogP contribution in [0.25, 0.3) is 0 Å². The number of carbonyl (C=O) groups excluding carboxylic acids is 1. The van der Waals surface area contributed by atoms with Gasteiger partial charge in [-0.15, -0.1) is 0 Å². The molecule has 0 radical (unpaired) electrons. The first-order valence-electron chi connectivity index (χ1n) is 5.93. The third kappa shape index (κ3) is 4.11. The fourth-order valence-electron chi connectivity index (χ4n) is 1.47. The Hall–Kier alpha value is -1.42. The van der Waals surface area contributed by atoms with Crippen LogP contribution in [0.2, 0.25) is 0 Å². The molecule has 1 unspecified atom stereocenters. The summed E-state index contributed by atoms with van der Waals surface area (Å²) in [4.78, 5) is 11.8. The van der Waals surface area contributed by atoms with Crippen LogP contribution in [0.4, 0.5) is 4.39 Å². The molecular formula is C14H20FNO2. The number of hydrogen-bond acceptors (Lipinski definition) is 2. The van der Waals surface area contributed by atoms with Crippen LogP contribution < -0.4 is 5.32 Å². The van der Waals surface area contributed by atoms with Gasteiger partial charge in [-0.1, -0.05) is 20.8 Å². The Balaban J connectivity index is 2.66. The topological polar surface area (TPSA) is 49.3 Å². The van der Waals surface area contributed by atoms with Gasteiger partial charge in [-0.3, -0.25) is 4.79 Å². The predicted octanol–water partition coefficient (Wildman–Crippen LogP) is 2.27. The fourth-order valence-corrected chi connectivity index (χ4v) is 1.47. The first kappa shape index (κ1) is 14.6. The van der Waals surface area contributed by atoms with Gasteiger partial charge < -0.3 is 10.4 Å². The van der Waals surface area contributed by atoms with Crippen molar-refractivity contribution in [2.45, 2.75) is 33.8 Å². The van der Waals surface area contributed by atoms with Gasteiger partial charge in [-0.25, -0.2) is 4.39 Å². The standard InChI is InChI=1S/C14H20FNO2/c1-9-5-10(7-11(15)6-9)13(18)16-8-12(17)14(2,3)4/h5-7,12,17H,8H2,1-4H3,(H,16,18). The van der Waals surface area contributed by atoms with Crippen LogP contribution in [0.15, 0.2) is 18.2 Å². The number of nitrogens with one attached hydrogen (secondary N) is 1. The summed E-state index contributed by atoms with van der Waals surface area (Å²) in [6.07, 6.45) is -0.642. The van der Waals surface area contributed by atoms with Crippen LogP contribution in [-0.4, -0.2) is 23.7 Å². The highest BCUT2D eigenvalue weighted by molar-refractivity contribution is 5.94. The van der Waals surface area contributed by atoms with E-state index in [2.05, 4.69) is 5.32 Å². The highest BCUT2D eigenvalue weighted by Gasteiger charge is 2.22. The van der Waals surface area contributed by atoms with E-state index in [9.17, 15) is 14.3 Å². The average Bonchev–Trinajstić information content (AvgIpc) is 2.22. The molecule has 18 heavy (non-hydrogen) atoms. The van der Waals surface area contributed by atoms with Crippen LogP contribution in [0, 0.1) is 18.2 Å². The first-order valence-corrected chi connectivity index (χ1v) is 5.93. The summed E-state index contributed by atoms with van der Waals surface area (Å²) in [6, 6.07) is 4.16. The lowest BCUT2D eigenvalue weighted by Crippen LogP contribution is -2.39. The fraction of sp³-hybridized carbons (Fsp3) is 0.500. The summed E-state index contributed by atoms with van der Waals surface area (Å²) >= 11 is 0. The molecule has 0 aliphatic rings. The maximum Gasteiger partial charge on any atom is 0.251 e. The second kappa shape index (κ2) is 5.48. The molecule has 0 aliphatic carbocycles. The highest BCUT2D eigenvalue weighted by atomic mass is 19.1. The predicted molar refractivity (Wildman–Crippen MR) is 68.9 cm³/mol. The number of hydrogen-bond donors (Lipinski definition) is 2. The first-order chi connectivity index (χ1) is 8.20. The van der Waals surface area contributed by atoms with Gasteiger partial charge in [0.05, 0.1) is 6.10 Å². The number of benzene rings is 1. The zero-order chi connectivity index (χ0) is 13.9. The Morgan fingerprint density at radius 3 is 2.50 bits per heavy atom. The molecule has 1 rings (SSSR count). The van der Waals surface area contributed by atoms with E-state index in [0.29, 0.717) is 5.56 Å². The van der Waals surface area contributed by atoms with Gasteiger partial charge in [0.1, 0.15) is 5.82 Å². The average molecular weight is 253 g/mol. The number of aliphatic hydroxyl groups excluding tert-OH is 1. The van der Waals surface area contributed by atoms with Gasteiger partial charge in [0.25, 0.3) is 5.91 Å². The number of aryl methyl sites for hydroxylation is 1. The molecule has 100 valence electrons. The molecule has 1 aromatic carbocycles. The largest absolute Gasteiger partial charge is 0.391 e. The van der Waals surface area contributed by atoms with E-state index in [1.54, 1.807) is 13.0 Å². The lowest BCUT2D eigenvalue weighted by atomic mass is 9.89. The molecule has 0 spiro atoms. The van der Waals surface area contributed by atoms with E-state index in [-0.39, 0.29) is 23.4 Å². The lowest BCUT2D eigenvalue weighted by molar-refractivity contribution is 0.0586. The summed E-state index contributed by atoms with van der Waals surface area (Å²) < 4.78 is 13.1. The molecular weight excluding hydrogens is 233 g/mol. The van der Waals surface area contributed by atoms with Crippen molar-refractivity contribution >= 4 is 5.91 Å². The summed E-state index contributed by atoms with van der Waals surface area (Å²) in [5.41, 5.74) is 0.663. The van der Waals surface area contributed by atoms with Crippen molar-refractivity contribution in [1.29, 1.82) is 0 Å². The maximum atomic E-state index is 13.1. The Morgan fingerprint density at radius 1 is 1.39 bits per heavy atom. The van der Waals surface area contributed by atoms with Crippen LogP contribution in [0.3, 0.4) is 0 Å². The zero-order valence-electron chi connectivity index (χ0n) is 11.2. The van der Waals surface area contributed by atoms with E-state index in [0.717, 1.165) is 0 Å². The molecule has 0 aliphatic heterocycles. The molecule has 0 fully saturated rings. The molecule has 4 heteroatoms. The molecule has 0 heterocycles. The second-order valence-corrected chi connectivity index (χ2v) is 5.61. The van der Waals surface area contributed by atoms with Crippen molar-refractivity contribution in [1.82, 2.24) is 5.32 Å². The van der Waals surface area contributed by atoms with Crippen molar-refractivity contribution in [2.24, 2.45) is 5.41 Å². The zero-order valence-corrected chi connectivity index (χ0v) is 11.2. The SMILES string of the molecule is Cc1cc(F)cc(C(=O)NCC(O)C(C)(C)C)c1. The Bertz CT molecular complexity index is 418. The van der Waals surface area contributed by atoms with Crippen LogP contribution in [0.1, 0.15) is 36.7 Å². The van der Waals surface area contributed by atoms with Gasteiger partial charge in [-0.2, -0.15) is 0 Å². The quantitative estimate of drug-likeness (QED) is 0.868. The molecule has 0 saturated heterocycles. The second-order valence-electron chi connectivity index (χ2n) is 5.61. The smallest absolute Gasteiger partial charge is 0.251 e. The molecule has 0 bridgehead atoms. The van der Waals surface area contributed by atoms with E-state index >= 15 is 0 Å². The number of aliphatic hydroxyl groups is 1. The Kier molecular flexibility index (Phi) is 4.46. The summed E-state index contributed by atoms with van der Waals surface area (Å²) in [7, 11) is 0. The minimum Gasteiger partial charge on any atom is -0.391 e. The number of rotatable bonds is 3. The van der Waals surface area contributed by atoms with Gasteiger partial charge in [0.15, 0.2) is 0 Å². The number of halogens is 1. The van der Waals surface area contributed by atoms with Crippen LogP contribution in [0.5, 0.6) is 0 Å². The third-order valence-corrected chi connectivity index (χ3v) is 2.76. The van der Waals surface area contributed by atoms with Gasteiger partial charge >= 0.3 is 0 Å². The minimum atomic E-state index is -0.642. The van der Waals surface area contributed by atoms with Gasteiger partial charge in [0, 0.05) is 12.1 Å². The van der Waals surface area contributed by atoms with E-state index in [1.165, 1.54) is 12.1 Å². The third-order valence-electron chi connectivity index (χ3n) is 2.76. The van der Waals surface area contributed by atoms with Crippen molar-refractivity contribution in [3.05, 3.63) is 35.1 Å². The Labute approximate surface area is 107 Å². The van der Waals surface area contributed by atoms with Crippen molar-refractivity contribution in [2.75, 3.05) is 6.54 Å². The van der Waals surface area contributed by atoms with Crippen LogP contribution >= 0.6 is 0 Å². The van der Waals surface area contributed by atoms with Gasteiger partial charge in [0.2, 0.25) is 0 Å². The van der Waals surface area contributed by atoms with Crippen molar-refractivity contribution in [3.63, 3.8) is 0 Å². The summed E-state index contributed by atoms with van der Waals surface area (Å²) in [6.45, 7) is 7.53. The minimum absolute atomic E-state index is 0.151. The highest BCUT2D eigenvalue weighted by Crippen LogP contribution is 2.18. The van der Waals surface area contributed by atoms with Crippen molar-refractivity contribution < 1.29 is 14.3 Å².